The number of fused-ring (bicyclic) bond motifs is 1. The Bertz CT molecular complexity index is 664. The summed E-state index contributed by atoms with van der Waals surface area (Å²) in [5, 5.41) is 19.8. The fourth-order valence-corrected chi connectivity index (χ4v) is 2.70. The van der Waals surface area contributed by atoms with E-state index in [0.717, 1.165) is 13.1 Å². The van der Waals surface area contributed by atoms with Crippen LogP contribution >= 0.6 is 0 Å². The van der Waals surface area contributed by atoms with Crippen LogP contribution in [0.5, 0.6) is 5.75 Å². The number of hydrogen-bond acceptors (Lipinski definition) is 6. The lowest BCUT2D eigenvalue weighted by Crippen LogP contribution is -2.43. The third kappa shape index (κ3) is 2.96. The van der Waals surface area contributed by atoms with Crippen LogP contribution in [0.3, 0.4) is 0 Å². The Morgan fingerprint density at radius 3 is 2.91 bits per heavy atom. The number of H-pyrrole nitrogens is 1. The van der Waals surface area contributed by atoms with Crippen molar-refractivity contribution in [1.29, 1.82) is 0 Å². The van der Waals surface area contributed by atoms with Gasteiger partial charge < -0.3 is 19.9 Å². The molecule has 0 bridgehead atoms. The minimum atomic E-state index is -0.531. The van der Waals surface area contributed by atoms with Crippen molar-refractivity contribution in [2.45, 2.75) is 19.1 Å². The molecule has 1 aromatic heterocycles. The summed E-state index contributed by atoms with van der Waals surface area (Å²) in [5.74, 6) is 0.616. The van der Waals surface area contributed by atoms with Gasteiger partial charge in [-0.3, -0.25) is 9.69 Å². The number of imidazole rings is 1. The standard InChI is InChI=1S/C15H19N3O4/c19-9-10-12(20)2-1-11-15(10)17-13(16-11)3-4-14(21)18-5-7-22-8-6-18/h1-2,9,14,20-21H,3-8H2,(H,16,17). The van der Waals surface area contributed by atoms with Crippen LogP contribution in [0.2, 0.25) is 0 Å². The van der Waals surface area contributed by atoms with Crippen LogP contribution in [-0.2, 0) is 11.2 Å². The van der Waals surface area contributed by atoms with Crippen LogP contribution < -0.4 is 0 Å². The fourth-order valence-electron chi connectivity index (χ4n) is 2.70. The number of benzene rings is 1. The van der Waals surface area contributed by atoms with E-state index in [1.54, 1.807) is 6.07 Å². The highest BCUT2D eigenvalue weighted by Crippen LogP contribution is 2.24. The molecule has 1 aliphatic heterocycles. The van der Waals surface area contributed by atoms with Crippen molar-refractivity contribution in [2.24, 2.45) is 0 Å². The molecule has 7 heteroatoms. The lowest BCUT2D eigenvalue weighted by molar-refractivity contribution is -0.0614. The van der Waals surface area contributed by atoms with Crippen LogP contribution in [0, 0.1) is 0 Å². The van der Waals surface area contributed by atoms with E-state index >= 15 is 0 Å². The van der Waals surface area contributed by atoms with Gasteiger partial charge in [0.05, 0.1) is 24.3 Å². The van der Waals surface area contributed by atoms with Gasteiger partial charge in [0.2, 0.25) is 0 Å². The Kier molecular flexibility index (Phi) is 4.37. The van der Waals surface area contributed by atoms with Crippen LogP contribution in [0.15, 0.2) is 12.1 Å². The second-order valence-corrected chi connectivity index (χ2v) is 5.36. The molecule has 22 heavy (non-hydrogen) atoms. The minimum absolute atomic E-state index is 0.0751. The number of carbonyl (C=O) groups excluding carboxylic acids is 1. The first-order valence-corrected chi connectivity index (χ1v) is 7.34. The number of aromatic hydroxyl groups is 1. The number of aromatic nitrogens is 2. The zero-order valence-corrected chi connectivity index (χ0v) is 12.2. The number of hydrogen-bond donors (Lipinski definition) is 3. The van der Waals surface area contributed by atoms with Gasteiger partial charge in [0.25, 0.3) is 0 Å². The van der Waals surface area contributed by atoms with Crippen molar-refractivity contribution in [3.8, 4) is 5.75 Å². The summed E-state index contributed by atoms with van der Waals surface area (Å²) in [5.41, 5.74) is 1.36. The molecule has 1 unspecified atom stereocenters. The maximum absolute atomic E-state index is 11.1. The first-order chi connectivity index (χ1) is 10.7. The first kappa shape index (κ1) is 15.0. The van der Waals surface area contributed by atoms with Gasteiger partial charge in [-0.15, -0.1) is 0 Å². The third-order valence-electron chi connectivity index (χ3n) is 3.94. The molecule has 0 saturated carbocycles. The van der Waals surface area contributed by atoms with Crippen LogP contribution in [-0.4, -0.2) is 63.9 Å². The number of phenolic OH excluding ortho intramolecular Hbond substituents is 1. The molecular weight excluding hydrogens is 286 g/mol. The number of rotatable bonds is 5. The number of aromatic amines is 1. The number of morpholine rings is 1. The molecule has 2 heterocycles. The Labute approximate surface area is 127 Å². The van der Waals surface area contributed by atoms with Crippen molar-refractivity contribution in [3.05, 3.63) is 23.5 Å². The normalized spacial score (nSPS) is 17.7. The second-order valence-electron chi connectivity index (χ2n) is 5.36. The molecular formula is C15H19N3O4. The van der Waals surface area contributed by atoms with Gasteiger partial charge in [-0.1, -0.05) is 0 Å². The monoisotopic (exact) mass is 305 g/mol. The molecule has 1 fully saturated rings. The third-order valence-corrected chi connectivity index (χ3v) is 3.94. The highest BCUT2D eigenvalue weighted by Gasteiger charge is 2.19. The Morgan fingerprint density at radius 1 is 1.41 bits per heavy atom. The highest BCUT2D eigenvalue weighted by molar-refractivity contribution is 5.97. The van der Waals surface area contributed by atoms with Gasteiger partial charge in [-0.25, -0.2) is 4.98 Å². The molecule has 0 amide bonds. The zero-order chi connectivity index (χ0) is 15.5. The largest absolute Gasteiger partial charge is 0.507 e. The van der Waals surface area contributed by atoms with E-state index in [2.05, 4.69) is 9.97 Å². The predicted octanol–water partition coefficient (Wildman–Crippen LogP) is 0.664. The SMILES string of the molecule is O=Cc1c(O)ccc2[nH]c(CCC(O)N3CCOCC3)nc12. The summed E-state index contributed by atoms with van der Waals surface area (Å²) < 4.78 is 5.26. The van der Waals surface area contributed by atoms with Gasteiger partial charge in [0.1, 0.15) is 23.3 Å². The number of aliphatic hydroxyl groups excluding tert-OH is 1. The highest BCUT2D eigenvalue weighted by atomic mass is 16.5. The van der Waals surface area contributed by atoms with E-state index in [0.29, 0.717) is 49.2 Å². The van der Waals surface area contributed by atoms with E-state index in [-0.39, 0.29) is 11.3 Å². The van der Waals surface area contributed by atoms with Gasteiger partial charge >= 0.3 is 0 Å². The lowest BCUT2D eigenvalue weighted by Gasteiger charge is -2.30. The lowest BCUT2D eigenvalue weighted by atomic mass is 10.2. The predicted molar refractivity (Wildman–Crippen MR) is 79.9 cm³/mol. The Balaban J connectivity index is 1.70. The summed E-state index contributed by atoms with van der Waals surface area (Å²) in [7, 11) is 0. The molecule has 118 valence electrons. The van der Waals surface area contributed by atoms with E-state index in [1.165, 1.54) is 6.07 Å². The van der Waals surface area contributed by atoms with Gasteiger partial charge in [-0.2, -0.15) is 0 Å². The van der Waals surface area contributed by atoms with E-state index in [1.807, 2.05) is 4.90 Å². The van der Waals surface area contributed by atoms with Crippen molar-refractivity contribution in [3.63, 3.8) is 0 Å². The summed E-state index contributed by atoms with van der Waals surface area (Å²) in [4.78, 5) is 20.5. The molecule has 0 spiro atoms. The maximum atomic E-state index is 11.1. The Morgan fingerprint density at radius 2 is 2.18 bits per heavy atom. The van der Waals surface area contributed by atoms with Crippen molar-refractivity contribution in [1.82, 2.24) is 14.9 Å². The van der Waals surface area contributed by atoms with Crippen LogP contribution in [0.25, 0.3) is 11.0 Å². The number of carbonyl (C=O) groups is 1. The quantitative estimate of drug-likeness (QED) is 0.702. The number of aldehydes is 1. The van der Waals surface area contributed by atoms with Crippen molar-refractivity contribution >= 4 is 17.3 Å². The average molecular weight is 305 g/mol. The number of nitrogens with zero attached hydrogens (tertiary/aromatic N) is 2. The smallest absolute Gasteiger partial charge is 0.156 e. The molecule has 0 aliphatic carbocycles. The summed E-state index contributed by atoms with van der Waals surface area (Å²) >= 11 is 0. The molecule has 1 aliphatic rings. The summed E-state index contributed by atoms with van der Waals surface area (Å²) in [6, 6.07) is 3.16. The second kappa shape index (κ2) is 6.43. The number of phenols is 1. The minimum Gasteiger partial charge on any atom is -0.507 e. The maximum Gasteiger partial charge on any atom is 0.156 e. The van der Waals surface area contributed by atoms with Crippen LogP contribution in [0.1, 0.15) is 22.6 Å². The number of nitrogens with one attached hydrogen (secondary N) is 1. The van der Waals surface area contributed by atoms with E-state index in [4.69, 9.17) is 4.74 Å². The molecule has 1 saturated heterocycles. The zero-order valence-electron chi connectivity index (χ0n) is 12.2. The molecule has 3 N–H and O–H groups in total. The Hall–Kier alpha value is -1.96. The summed E-state index contributed by atoms with van der Waals surface area (Å²) in [6.45, 7) is 2.74. The van der Waals surface area contributed by atoms with Gasteiger partial charge in [0.15, 0.2) is 6.29 Å². The number of ether oxygens (including phenoxy) is 1. The van der Waals surface area contributed by atoms with Crippen molar-refractivity contribution in [2.75, 3.05) is 26.3 Å². The van der Waals surface area contributed by atoms with E-state index < -0.39 is 6.23 Å². The molecule has 0 radical (unpaired) electrons. The summed E-state index contributed by atoms with van der Waals surface area (Å²) in [6.07, 6.45) is 1.18. The molecule has 2 aromatic rings. The molecule has 1 aromatic carbocycles. The van der Waals surface area contributed by atoms with Crippen LogP contribution in [0.4, 0.5) is 0 Å². The average Bonchev–Trinajstić information content (AvgIpc) is 2.96. The number of aryl methyl sites for hydroxylation is 1. The van der Waals surface area contributed by atoms with E-state index in [9.17, 15) is 15.0 Å². The molecule has 7 nitrogen and oxygen atoms in total. The van der Waals surface area contributed by atoms with Crippen molar-refractivity contribution < 1.29 is 19.7 Å². The molecule has 3 rings (SSSR count). The topological polar surface area (TPSA) is 98.7 Å². The molecule has 1 atom stereocenters. The fraction of sp³-hybridized carbons (Fsp3) is 0.467. The number of aliphatic hydroxyl groups is 1. The van der Waals surface area contributed by atoms with Gasteiger partial charge in [0, 0.05) is 19.5 Å². The first-order valence-electron chi connectivity index (χ1n) is 7.34. The van der Waals surface area contributed by atoms with Gasteiger partial charge in [-0.05, 0) is 18.6 Å².